The predicted molar refractivity (Wildman–Crippen MR) is 79.4 cm³/mol. The monoisotopic (exact) mass is 288 g/mol. The van der Waals surface area contributed by atoms with Gasteiger partial charge in [-0.05, 0) is 31.2 Å². The molecule has 0 amide bonds. The van der Waals surface area contributed by atoms with E-state index in [1.165, 1.54) is 12.1 Å². The Labute approximate surface area is 122 Å². The first-order valence-electron chi connectivity index (χ1n) is 6.58. The molecule has 4 nitrogen and oxygen atoms in total. The smallest absolute Gasteiger partial charge is 0.123 e. The highest BCUT2D eigenvalue weighted by Crippen LogP contribution is 2.21. The molecule has 2 aromatic rings. The van der Waals surface area contributed by atoms with Gasteiger partial charge >= 0.3 is 0 Å². The highest BCUT2D eigenvalue weighted by Gasteiger charge is 2.08. The molecule has 0 fully saturated rings. The molecule has 110 valence electrons. The van der Waals surface area contributed by atoms with Crippen LogP contribution in [0.25, 0.3) is 0 Å². The number of nitrogens with two attached hydrogens (primary N) is 1. The normalized spacial score (nSPS) is 10.2. The molecule has 2 rings (SSSR count). The Morgan fingerprint density at radius 3 is 2.52 bits per heavy atom. The molecule has 3 N–H and O–H groups in total. The minimum absolute atomic E-state index is 0.184. The van der Waals surface area contributed by atoms with Crippen LogP contribution in [0.15, 0.2) is 42.5 Å². The quantitative estimate of drug-likeness (QED) is 0.634. The molecule has 0 saturated carbocycles. The first kappa shape index (κ1) is 14.8. The van der Waals surface area contributed by atoms with Gasteiger partial charge in [0.15, 0.2) is 0 Å². The Balaban J connectivity index is 2.13. The summed E-state index contributed by atoms with van der Waals surface area (Å²) in [6.07, 6.45) is 0. The van der Waals surface area contributed by atoms with Crippen LogP contribution in [0.4, 0.5) is 4.39 Å². The summed E-state index contributed by atoms with van der Waals surface area (Å²) in [5.74, 6) is 0.749. The number of benzene rings is 2. The minimum atomic E-state index is -0.428. The number of nitrogens with one attached hydrogen (secondary N) is 1. The third-order valence-electron chi connectivity index (χ3n) is 2.87. The summed E-state index contributed by atoms with van der Waals surface area (Å²) in [5.41, 5.74) is 6.46. The molecule has 2 aromatic carbocycles. The van der Waals surface area contributed by atoms with Crippen LogP contribution in [-0.4, -0.2) is 12.4 Å². The van der Waals surface area contributed by atoms with E-state index in [4.69, 9.17) is 20.6 Å². The van der Waals surface area contributed by atoms with Gasteiger partial charge in [0.1, 0.15) is 29.8 Å². The number of hydrogen-bond acceptors (Lipinski definition) is 3. The highest BCUT2D eigenvalue weighted by atomic mass is 19.1. The van der Waals surface area contributed by atoms with Crippen LogP contribution < -0.4 is 15.2 Å². The largest absolute Gasteiger partial charge is 0.494 e. The van der Waals surface area contributed by atoms with E-state index in [9.17, 15) is 4.39 Å². The van der Waals surface area contributed by atoms with Crippen molar-refractivity contribution in [3.8, 4) is 11.5 Å². The second-order valence-corrected chi connectivity index (χ2v) is 4.41. The maximum atomic E-state index is 13.2. The second-order valence-electron chi connectivity index (χ2n) is 4.41. The molecule has 0 bridgehead atoms. The van der Waals surface area contributed by atoms with E-state index in [1.807, 2.05) is 19.1 Å². The Morgan fingerprint density at radius 1 is 1.14 bits per heavy atom. The molecule has 0 atom stereocenters. The molecule has 0 aliphatic carbocycles. The Morgan fingerprint density at radius 2 is 1.86 bits per heavy atom. The van der Waals surface area contributed by atoms with Crippen LogP contribution in [0.1, 0.15) is 18.1 Å². The van der Waals surface area contributed by atoms with E-state index >= 15 is 0 Å². The van der Waals surface area contributed by atoms with Gasteiger partial charge in [-0.15, -0.1) is 0 Å². The van der Waals surface area contributed by atoms with Crippen molar-refractivity contribution in [1.29, 1.82) is 5.41 Å². The molecule has 0 aliphatic rings. The summed E-state index contributed by atoms with van der Waals surface area (Å²) in [6, 6.07) is 11.4. The summed E-state index contributed by atoms with van der Waals surface area (Å²) < 4.78 is 24.2. The molecule has 0 aliphatic heterocycles. The summed E-state index contributed by atoms with van der Waals surface area (Å²) in [6.45, 7) is 2.69. The molecule has 0 aromatic heterocycles. The van der Waals surface area contributed by atoms with Crippen LogP contribution in [0, 0.1) is 11.2 Å². The lowest BCUT2D eigenvalue weighted by Gasteiger charge is -2.11. The van der Waals surface area contributed by atoms with Gasteiger partial charge in [-0.1, -0.05) is 12.1 Å². The number of nitrogen functional groups attached to an aromatic ring is 1. The maximum Gasteiger partial charge on any atom is 0.123 e. The molecule has 0 unspecified atom stereocenters. The molecular formula is C16H17FN2O2. The third kappa shape index (κ3) is 3.95. The molecule has 0 heterocycles. The van der Waals surface area contributed by atoms with Crippen LogP contribution in [0.5, 0.6) is 11.5 Å². The lowest BCUT2D eigenvalue weighted by atomic mass is 10.1. The van der Waals surface area contributed by atoms with Crippen molar-refractivity contribution in [1.82, 2.24) is 0 Å². The van der Waals surface area contributed by atoms with Crippen molar-refractivity contribution >= 4 is 5.84 Å². The summed E-state index contributed by atoms with van der Waals surface area (Å²) >= 11 is 0. The van der Waals surface area contributed by atoms with Gasteiger partial charge in [0.25, 0.3) is 0 Å². The predicted octanol–water partition coefficient (Wildman–Crippen LogP) is 3.09. The van der Waals surface area contributed by atoms with E-state index < -0.39 is 5.82 Å². The van der Waals surface area contributed by atoms with E-state index in [2.05, 4.69) is 0 Å². The SMILES string of the molecule is CCOc1cccc(OCc2ccc(F)cc2C(=N)N)c1. The molecule has 0 radical (unpaired) electrons. The van der Waals surface area contributed by atoms with Crippen molar-refractivity contribution in [2.75, 3.05) is 6.61 Å². The van der Waals surface area contributed by atoms with Crippen molar-refractivity contribution in [2.24, 2.45) is 5.73 Å². The standard InChI is InChI=1S/C16H17FN2O2/c1-2-20-13-4-3-5-14(9-13)21-10-11-6-7-12(17)8-15(11)16(18)19/h3-9H,2,10H2,1H3,(H3,18,19). The van der Waals surface area contributed by atoms with Gasteiger partial charge in [0.05, 0.1) is 6.61 Å². The van der Waals surface area contributed by atoms with Crippen LogP contribution >= 0.6 is 0 Å². The molecule has 0 saturated heterocycles. The molecule has 21 heavy (non-hydrogen) atoms. The summed E-state index contributed by atoms with van der Waals surface area (Å²) in [5, 5.41) is 7.48. The van der Waals surface area contributed by atoms with Gasteiger partial charge in [-0.3, -0.25) is 5.41 Å². The van der Waals surface area contributed by atoms with E-state index in [0.717, 1.165) is 5.75 Å². The summed E-state index contributed by atoms with van der Waals surface area (Å²) in [4.78, 5) is 0. The molecular weight excluding hydrogens is 271 g/mol. The number of ether oxygens (including phenoxy) is 2. The van der Waals surface area contributed by atoms with E-state index in [-0.39, 0.29) is 12.4 Å². The van der Waals surface area contributed by atoms with Crippen molar-refractivity contribution < 1.29 is 13.9 Å². The summed E-state index contributed by atoms with van der Waals surface area (Å²) in [7, 11) is 0. The first-order valence-corrected chi connectivity index (χ1v) is 6.58. The number of rotatable bonds is 6. The van der Waals surface area contributed by atoms with Crippen molar-refractivity contribution in [3.63, 3.8) is 0 Å². The average molecular weight is 288 g/mol. The topological polar surface area (TPSA) is 68.3 Å². The van der Waals surface area contributed by atoms with Crippen LogP contribution in [0.2, 0.25) is 0 Å². The fourth-order valence-electron chi connectivity index (χ4n) is 1.91. The van der Waals surface area contributed by atoms with Gasteiger partial charge in [0.2, 0.25) is 0 Å². The van der Waals surface area contributed by atoms with Crippen molar-refractivity contribution in [3.05, 3.63) is 59.4 Å². The Kier molecular flexibility index (Phi) is 4.77. The van der Waals surface area contributed by atoms with Gasteiger partial charge < -0.3 is 15.2 Å². The number of halogens is 1. The highest BCUT2D eigenvalue weighted by molar-refractivity contribution is 5.96. The Hall–Kier alpha value is -2.56. The molecule has 0 spiro atoms. The van der Waals surface area contributed by atoms with Gasteiger partial charge in [-0.25, -0.2) is 4.39 Å². The second kappa shape index (κ2) is 6.74. The fourth-order valence-corrected chi connectivity index (χ4v) is 1.91. The average Bonchev–Trinajstić information content (AvgIpc) is 2.46. The third-order valence-corrected chi connectivity index (χ3v) is 2.87. The van der Waals surface area contributed by atoms with E-state index in [1.54, 1.807) is 18.2 Å². The lowest BCUT2D eigenvalue weighted by Crippen LogP contribution is -2.15. The first-order chi connectivity index (χ1) is 10.1. The van der Waals surface area contributed by atoms with Gasteiger partial charge in [0, 0.05) is 17.2 Å². The maximum absolute atomic E-state index is 13.2. The minimum Gasteiger partial charge on any atom is -0.494 e. The zero-order chi connectivity index (χ0) is 15.2. The number of amidine groups is 1. The fraction of sp³-hybridized carbons (Fsp3) is 0.188. The van der Waals surface area contributed by atoms with E-state index in [0.29, 0.717) is 23.5 Å². The number of hydrogen-bond donors (Lipinski definition) is 2. The Bertz CT molecular complexity index is 644. The van der Waals surface area contributed by atoms with Gasteiger partial charge in [-0.2, -0.15) is 0 Å². The van der Waals surface area contributed by atoms with Crippen LogP contribution in [0.3, 0.4) is 0 Å². The zero-order valence-electron chi connectivity index (χ0n) is 11.7. The molecule has 5 heteroatoms. The lowest BCUT2D eigenvalue weighted by molar-refractivity contribution is 0.299. The zero-order valence-corrected chi connectivity index (χ0v) is 11.7. The van der Waals surface area contributed by atoms with Crippen LogP contribution in [-0.2, 0) is 6.61 Å². The van der Waals surface area contributed by atoms with Crippen molar-refractivity contribution in [2.45, 2.75) is 13.5 Å².